The fourth-order valence-electron chi connectivity index (χ4n) is 3.63. The summed E-state index contributed by atoms with van der Waals surface area (Å²) in [5.41, 5.74) is 1.31. The Balaban J connectivity index is 1.46. The average molecular weight is 501 g/mol. The number of hydrogen-bond acceptors (Lipinski definition) is 7. The van der Waals surface area contributed by atoms with Crippen molar-refractivity contribution in [2.24, 2.45) is 0 Å². The summed E-state index contributed by atoms with van der Waals surface area (Å²) in [7, 11) is 0. The van der Waals surface area contributed by atoms with Gasteiger partial charge in [-0.15, -0.1) is 0 Å². The maximum Gasteiger partial charge on any atom is 0.294 e. The minimum atomic E-state index is -0.508. The van der Waals surface area contributed by atoms with Crippen LogP contribution in [0.5, 0.6) is 11.5 Å². The number of carbonyl (C=O) groups excluding carboxylic acids is 3. The van der Waals surface area contributed by atoms with Gasteiger partial charge in [0, 0.05) is 13.1 Å². The standard InChI is InChI=1S/C25H25FN2O6S/c1-2-33-21-13-17(6-7-20(21)34-16-18-4-3-5-19(26)12-18)14-22-24(30)28(25(31)35-22)15-23(29)27-8-10-32-11-9-27/h3-7,12-14H,2,8-11,15-16H2,1H3/b22-14+. The fourth-order valence-corrected chi connectivity index (χ4v) is 4.46. The number of rotatable bonds is 8. The van der Waals surface area contributed by atoms with E-state index in [4.69, 9.17) is 14.2 Å². The van der Waals surface area contributed by atoms with E-state index >= 15 is 0 Å². The molecule has 3 amide bonds. The number of amides is 3. The molecular formula is C25H25FN2O6S. The zero-order chi connectivity index (χ0) is 24.8. The van der Waals surface area contributed by atoms with E-state index in [0.717, 1.165) is 16.7 Å². The largest absolute Gasteiger partial charge is 0.490 e. The van der Waals surface area contributed by atoms with E-state index in [9.17, 15) is 18.8 Å². The van der Waals surface area contributed by atoms with Crippen LogP contribution in [-0.2, 0) is 20.9 Å². The van der Waals surface area contributed by atoms with Crippen LogP contribution < -0.4 is 9.47 Å². The Bertz CT molecular complexity index is 1150. The van der Waals surface area contributed by atoms with E-state index in [1.807, 2.05) is 6.92 Å². The predicted octanol–water partition coefficient (Wildman–Crippen LogP) is 3.70. The molecule has 0 N–H and O–H groups in total. The van der Waals surface area contributed by atoms with Gasteiger partial charge < -0.3 is 19.1 Å². The van der Waals surface area contributed by atoms with Crippen LogP contribution in [0.15, 0.2) is 47.4 Å². The fraction of sp³-hybridized carbons (Fsp3) is 0.320. The first-order chi connectivity index (χ1) is 16.9. The summed E-state index contributed by atoms with van der Waals surface area (Å²) in [6.07, 6.45) is 1.59. The van der Waals surface area contributed by atoms with Gasteiger partial charge in [0.15, 0.2) is 11.5 Å². The number of benzene rings is 2. The Morgan fingerprint density at radius 1 is 1.11 bits per heavy atom. The molecule has 10 heteroatoms. The van der Waals surface area contributed by atoms with Crippen molar-refractivity contribution in [1.82, 2.24) is 9.80 Å². The number of carbonyl (C=O) groups is 3. The van der Waals surface area contributed by atoms with Gasteiger partial charge in [-0.2, -0.15) is 0 Å². The van der Waals surface area contributed by atoms with Gasteiger partial charge in [0.25, 0.3) is 11.1 Å². The smallest absolute Gasteiger partial charge is 0.294 e. The van der Waals surface area contributed by atoms with Crippen LogP contribution in [-0.4, -0.2) is 66.3 Å². The summed E-state index contributed by atoms with van der Waals surface area (Å²) in [6.45, 7) is 3.86. The molecule has 2 aliphatic rings. The molecule has 2 aliphatic heterocycles. The van der Waals surface area contributed by atoms with E-state index in [1.165, 1.54) is 12.1 Å². The van der Waals surface area contributed by atoms with Gasteiger partial charge in [-0.25, -0.2) is 4.39 Å². The second-order valence-corrected chi connectivity index (χ2v) is 8.81. The highest BCUT2D eigenvalue weighted by atomic mass is 32.2. The summed E-state index contributed by atoms with van der Waals surface area (Å²) in [5.74, 6) is -0.204. The van der Waals surface area contributed by atoms with Gasteiger partial charge in [-0.3, -0.25) is 19.3 Å². The quantitative estimate of drug-likeness (QED) is 0.511. The number of hydrogen-bond donors (Lipinski definition) is 0. The Labute approximate surface area is 206 Å². The van der Waals surface area contributed by atoms with Crippen LogP contribution in [0.25, 0.3) is 6.08 Å². The number of halogens is 1. The molecule has 0 spiro atoms. The first-order valence-electron chi connectivity index (χ1n) is 11.2. The van der Waals surface area contributed by atoms with Crippen LogP contribution in [0.3, 0.4) is 0 Å². The molecule has 0 aromatic heterocycles. The molecule has 0 atom stereocenters. The molecule has 2 fully saturated rings. The maximum atomic E-state index is 13.4. The summed E-state index contributed by atoms with van der Waals surface area (Å²) in [4.78, 5) is 40.5. The zero-order valence-corrected chi connectivity index (χ0v) is 20.0. The monoisotopic (exact) mass is 500 g/mol. The number of morpholine rings is 1. The molecule has 2 saturated heterocycles. The minimum Gasteiger partial charge on any atom is -0.490 e. The molecule has 0 radical (unpaired) electrons. The maximum absolute atomic E-state index is 13.4. The lowest BCUT2D eigenvalue weighted by molar-refractivity contribution is -0.139. The molecule has 35 heavy (non-hydrogen) atoms. The molecule has 2 aromatic carbocycles. The van der Waals surface area contributed by atoms with Gasteiger partial charge in [-0.1, -0.05) is 18.2 Å². The van der Waals surface area contributed by atoms with Gasteiger partial charge in [-0.05, 0) is 60.2 Å². The molecule has 0 unspecified atom stereocenters. The molecule has 8 nitrogen and oxygen atoms in total. The number of imide groups is 1. The zero-order valence-electron chi connectivity index (χ0n) is 19.2. The Morgan fingerprint density at radius 3 is 2.66 bits per heavy atom. The molecule has 4 rings (SSSR count). The molecule has 0 saturated carbocycles. The summed E-state index contributed by atoms with van der Waals surface area (Å²) in [5, 5.41) is -0.483. The Kier molecular flexibility index (Phi) is 8.04. The number of nitrogens with zero attached hydrogens (tertiary/aromatic N) is 2. The van der Waals surface area contributed by atoms with E-state index in [1.54, 1.807) is 41.3 Å². The van der Waals surface area contributed by atoms with Crippen LogP contribution in [0, 0.1) is 5.82 Å². The molecular weight excluding hydrogens is 475 g/mol. The molecule has 2 aromatic rings. The molecule has 0 aliphatic carbocycles. The van der Waals surface area contributed by atoms with Gasteiger partial charge >= 0.3 is 0 Å². The topological polar surface area (TPSA) is 85.4 Å². The third kappa shape index (κ3) is 6.20. The molecule has 2 heterocycles. The van der Waals surface area contributed by atoms with Crippen molar-refractivity contribution in [2.75, 3.05) is 39.5 Å². The predicted molar refractivity (Wildman–Crippen MR) is 128 cm³/mol. The number of thioether (sulfide) groups is 1. The summed E-state index contributed by atoms with van der Waals surface area (Å²) < 4.78 is 30.2. The van der Waals surface area contributed by atoms with Crippen molar-refractivity contribution >= 4 is 34.9 Å². The van der Waals surface area contributed by atoms with Crippen LogP contribution in [0.1, 0.15) is 18.1 Å². The highest BCUT2D eigenvalue weighted by Gasteiger charge is 2.37. The highest BCUT2D eigenvalue weighted by molar-refractivity contribution is 8.18. The third-order valence-electron chi connectivity index (χ3n) is 5.38. The minimum absolute atomic E-state index is 0.160. The lowest BCUT2D eigenvalue weighted by Crippen LogP contribution is -2.46. The molecule has 0 bridgehead atoms. The van der Waals surface area contributed by atoms with E-state index < -0.39 is 11.1 Å². The van der Waals surface area contributed by atoms with Crippen molar-refractivity contribution in [2.45, 2.75) is 13.5 Å². The Morgan fingerprint density at radius 2 is 1.91 bits per heavy atom. The van der Waals surface area contributed by atoms with Crippen molar-refractivity contribution in [1.29, 1.82) is 0 Å². The second-order valence-electron chi connectivity index (χ2n) is 7.82. The third-order valence-corrected chi connectivity index (χ3v) is 6.29. The number of ether oxygens (including phenoxy) is 3. The first-order valence-corrected chi connectivity index (χ1v) is 12.0. The second kappa shape index (κ2) is 11.4. The van der Waals surface area contributed by atoms with Crippen LogP contribution in [0.2, 0.25) is 0 Å². The van der Waals surface area contributed by atoms with Crippen molar-refractivity contribution < 1.29 is 33.0 Å². The van der Waals surface area contributed by atoms with Crippen LogP contribution >= 0.6 is 11.8 Å². The lowest BCUT2D eigenvalue weighted by atomic mass is 10.1. The normalized spacial score (nSPS) is 17.3. The van der Waals surface area contributed by atoms with E-state index in [2.05, 4.69) is 0 Å². The van der Waals surface area contributed by atoms with Gasteiger partial charge in [0.05, 0.1) is 24.7 Å². The summed E-state index contributed by atoms with van der Waals surface area (Å²) in [6, 6.07) is 11.3. The average Bonchev–Trinajstić information content (AvgIpc) is 3.11. The SMILES string of the molecule is CCOc1cc(/C=C2/SC(=O)N(CC(=O)N3CCOCC3)C2=O)ccc1OCc1cccc(F)c1. The van der Waals surface area contributed by atoms with Gasteiger partial charge in [0.2, 0.25) is 5.91 Å². The first kappa shape index (κ1) is 24.7. The van der Waals surface area contributed by atoms with E-state index in [0.29, 0.717) is 55.5 Å². The lowest BCUT2D eigenvalue weighted by Gasteiger charge is -2.28. The van der Waals surface area contributed by atoms with Crippen molar-refractivity contribution in [3.8, 4) is 11.5 Å². The van der Waals surface area contributed by atoms with E-state index in [-0.39, 0.29) is 29.8 Å². The molecule has 184 valence electrons. The Hall–Kier alpha value is -3.37. The van der Waals surface area contributed by atoms with Crippen LogP contribution in [0.4, 0.5) is 9.18 Å². The van der Waals surface area contributed by atoms with Crippen molar-refractivity contribution in [3.63, 3.8) is 0 Å². The van der Waals surface area contributed by atoms with Gasteiger partial charge in [0.1, 0.15) is 19.0 Å². The highest BCUT2D eigenvalue weighted by Crippen LogP contribution is 2.35. The summed E-state index contributed by atoms with van der Waals surface area (Å²) >= 11 is 0.793. The van der Waals surface area contributed by atoms with Crippen molar-refractivity contribution in [3.05, 3.63) is 64.3 Å².